The van der Waals surface area contributed by atoms with Gasteiger partial charge in [-0.2, -0.15) is 0 Å². The number of nitrogens with one attached hydrogen (secondary N) is 1. The van der Waals surface area contributed by atoms with Crippen LogP contribution in [-0.2, 0) is 0 Å². The van der Waals surface area contributed by atoms with Gasteiger partial charge in [-0.25, -0.2) is 0 Å². The molecule has 1 aliphatic rings. The van der Waals surface area contributed by atoms with E-state index in [-0.39, 0.29) is 17.2 Å². The zero-order valence-electron chi connectivity index (χ0n) is 15.0. The highest BCUT2D eigenvalue weighted by Gasteiger charge is 2.35. The van der Waals surface area contributed by atoms with Gasteiger partial charge in [0.25, 0.3) is 11.8 Å². The van der Waals surface area contributed by atoms with Crippen LogP contribution in [0.15, 0.2) is 36.4 Å². The molecule has 2 aromatic rings. The Labute approximate surface area is 156 Å². The number of carbonyl (C=O) groups is 2. The van der Waals surface area contributed by atoms with Crippen LogP contribution in [-0.4, -0.2) is 43.5 Å². The molecule has 3 N–H and O–H groups in total. The summed E-state index contributed by atoms with van der Waals surface area (Å²) in [5.41, 5.74) is 6.34. The normalized spacial score (nSPS) is 19.4. The van der Waals surface area contributed by atoms with Crippen molar-refractivity contribution in [2.75, 3.05) is 32.1 Å². The first-order valence-electron chi connectivity index (χ1n) is 8.49. The third-order valence-corrected chi connectivity index (χ3v) is 5.73. The molecule has 1 atom stereocenters. The highest BCUT2D eigenvalue weighted by molar-refractivity contribution is 7.18. The molecule has 3 rings (SSSR count). The molecule has 0 radical (unpaired) electrons. The molecule has 0 bridgehead atoms. The van der Waals surface area contributed by atoms with Crippen LogP contribution in [0.25, 0.3) is 0 Å². The Hall–Kier alpha value is -2.38. The summed E-state index contributed by atoms with van der Waals surface area (Å²) in [6, 6.07) is 10.4. The maximum atomic E-state index is 12.7. The molecule has 1 aliphatic heterocycles. The maximum absolute atomic E-state index is 12.7. The number of hydrogen-bond donors (Lipinski definition) is 2. The third-order valence-electron chi connectivity index (χ3n) is 4.74. The summed E-state index contributed by atoms with van der Waals surface area (Å²) in [7, 11) is 1.58. The summed E-state index contributed by atoms with van der Waals surface area (Å²) in [4.78, 5) is 27.4. The number of amides is 2. The SMILES string of the molecule is COc1ccc(C(=O)Nc2ccc(C(=O)N3CCC(C)(CN)C3)s2)cc1. The number of thiophene rings is 1. The predicted octanol–water partition coefficient (Wildman–Crippen LogP) is 2.82. The van der Waals surface area contributed by atoms with E-state index in [9.17, 15) is 9.59 Å². The number of benzene rings is 1. The van der Waals surface area contributed by atoms with Gasteiger partial charge < -0.3 is 20.7 Å². The van der Waals surface area contributed by atoms with Crippen molar-refractivity contribution in [2.45, 2.75) is 13.3 Å². The Morgan fingerprint density at radius 1 is 1.27 bits per heavy atom. The largest absolute Gasteiger partial charge is 0.497 e. The minimum absolute atomic E-state index is 0.00166. The van der Waals surface area contributed by atoms with Gasteiger partial charge in [0.05, 0.1) is 17.0 Å². The molecule has 1 aromatic heterocycles. The quantitative estimate of drug-likeness (QED) is 0.844. The molecule has 1 aromatic carbocycles. The number of carbonyl (C=O) groups excluding carboxylic acids is 2. The van der Waals surface area contributed by atoms with Crippen LogP contribution in [0.4, 0.5) is 5.00 Å². The molecule has 6 nitrogen and oxygen atoms in total. The molecular weight excluding hydrogens is 350 g/mol. The zero-order chi connectivity index (χ0) is 18.7. The first-order chi connectivity index (χ1) is 12.4. The number of hydrogen-bond acceptors (Lipinski definition) is 5. The minimum atomic E-state index is -0.217. The van der Waals surface area contributed by atoms with E-state index in [0.29, 0.717) is 34.3 Å². The standard InChI is InChI=1S/C19H23N3O3S/c1-19(11-20)9-10-22(12-19)18(24)15-7-8-16(26-15)21-17(23)13-3-5-14(25-2)6-4-13/h3-8H,9-12,20H2,1-2H3,(H,21,23). The second-order valence-electron chi connectivity index (χ2n) is 6.84. The molecule has 2 amide bonds. The van der Waals surface area contributed by atoms with Crippen molar-refractivity contribution in [3.8, 4) is 5.75 Å². The summed E-state index contributed by atoms with van der Waals surface area (Å²) in [5, 5.41) is 3.49. The second-order valence-corrected chi connectivity index (χ2v) is 7.92. The second kappa shape index (κ2) is 7.47. The molecule has 2 heterocycles. The molecule has 0 spiro atoms. The van der Waals surface area contributed by atoms with E-state index in [1.165, 1.54) is 11.3 Å². The summed E-state index contributed by atoms with van der Waals surface area (Å²) in [6.07, 6.45) is 0.918. The van der Waals surface area contributed by atoms with Crippen LogP contribution in [0.5, 0.6) is 5.75 Å². The van der Waals surface area contributed by atoms with Crippen LogP contribution < -0.4 is 15.8 Å². The fourth-order valence-electron chi connectivity index (χ4n) is 2.97. The maximum Gasteiger partial charge on any atom is 0.264 e. The monoisotopic (exact) mass is 373 g/mol. The average Bonchev–Trinajstić information content (AvgIpc) is 3.28. The number of nitrogens with zero attached hydrogens (tertiary/aromatic N) is 1. The van der Waals surface area contributed by atoms with Crippen LogP contribution >= 0.6 is 11.3 Å². The van der Waals surface area contributed by atoms with Crippen molar-refractivity contribution in [1.82, 2.24) is 4.90 Å². The number of anilines is 1. The Morgan fingerprint density at radius 3 is 2.62 bits per heavy atom. The van der Waals surface area contributed by atoms with Crippen molar-refractivity contribution >= 4 is 28.2 Å². The van der Waals surface area contributed by atoms with Crippen molar-refractivity contribution in [1.29, 1.82) is 0 Å². The number of ether oxygens (including phenoxy) is 1. The fourth-order valence-corrected chi connectivity index (χ4v) is 3.84. The van der Waals surface area contributed by atoms with E-state index in [4.69, 9.17) is 10.5 Å². The smallest absolute Gasteiger partial charge is 0.264 e. The van der Waals surface area contributed by atoms with E-state index in [2.05, 4.69) is 12.2 Å². The summed E-state index contributed by atoms with van der Waals surface area (Å²) in [5.74, 6) is 0.475. The Morgan fingerprint density at radius 2 is 2.00 bits per heavy atom. The number of methoxy groups -OCH3 is 1. The van der Waals surface area contributed by atoms with Gasteiger partial charge >= 0.3 is 0 Å². The average molecular weight is 373 g/mol. The highest BCUT2D eigenvalue weighted by atomic mass is 32.1. The Bertz CT molecular complexity index is 803. The van der Waals surface area contributed by atoms with Gasteiger partial charge in [-0.05, 0) is 54.8 Å². The van der Waals surface area contributed by atoms with E-state index in [1.807, 2.05) is 4.90 Å². The lowest BCUT2D eigenvalue weighted by Crippen LogP contribution is -2.34. The van der Waals surface area contributed by atoms with Gasteiger partial charge in [-0.3, -0.25) is 9.59 Å². The first kappa shape index (κ1) is 18.4. The zero-order valence-corrected chi connectivity index (χ0v) is 15.8. The molecule has 1 saturated heterocycles. The van der Waals surface area contributed by atoms with E-state index < -0.39 is 0 Å². The van der Waals surface area contributed by atoms with Crippen LogP contribution in [0.1, 0.15) is 33.4 Å². The topological polar surface area (TPSA) is 84.7 Å². The Kier molecular flexibility index (Phi) is 5.29. The molecule has 0 saturated carbocycles. The molecule has 138 valence electrons. The van der Waals surface area contributed by atoms with Crippen molar-refractivity contribution < 1.29 is 14.3 Å². The molecule has 1 unspecified atom stereocenters. The van der Waals surface area contributed by atoms with Crippen molar-refractivity contribution in [2.24, 2.45) is 11.1 Å². The highest BCUT2D eigenvalue weighted by Crippen LogP contribution is 2.31. The van der Waals surface area contributed by atoms with E-state index >= 15 is 0 Å². The van der Waals surface area contributed by atoms with Crippen LogP contribution in [0.3, 0.4) is 0 Å². The van der Waals surface area contributed by atoms with Gasteiger partial charge in [-0.1, -0.05) is 6.92 Å². The number of likely N-dealkylation sites (tertiary alicyclic amines) is 1. The predicted molar refractivity (Wildman–Crippen MR) is 103 cm³/mol. The van der Waals surface area contributed by atoms with Crippen LogP contribution in [0.2, 0.25) is 0 Å². The third kappa shape index (κ3) is 3.89. The first-order valence-corrected chi connectivity index (χ1v) is 9.30. The van der Waals surface area contributed by atoms with Gasteiger partial charge in [0.1, 0.15) is 5.75 Å². The lowest BCUT2D eigenvalue weighted by Gasteiger charge is -2.22. The van der Waals surface area contributed by atoms with Crippen LogP contribution in [0, 0.1) is 5.41 Å². The van der Waals surface area contributed by atoms with Crippen molar-refractivity contribution in [3.63, 3.8) is 0 Å². The molecule has 1 fully saturated rings. The fraction of sp³-hybridized carbons (Fsp3) is 0.368. The molecule has 7 heteroatoms. The number of rotatable bonds is 5. The molecular formula is C19H23N3O3S. The summed E-state index contributed by atoms with van der Waals surface area (Å²) in [6.45, 7) is 4.07. The molecule has 26 heavy (non-hydrogen) atoms. The minimum Gasteiger partial charge on any atom is -0.497 e. The van der Waals surface area contributed by atoms with Gasteiger partial charge in [0.15, 0.2) is 0 Å². The lowest BCUT2D eigenvalue weighted by molar-refractivity contribution is 0.0781. The van der Waals surface area contributed by atoms with E-state index in [1.54, 1.807) is 43.5 Å². The lowest BCUT2D eigenvalue weighted by atomic mass is 9.90. The van der Waals surface area contributed by atoms with Gasteiger partial charge in [0.2, 0.25) is 0 Å². The molecule has 0 aliphatic carbocycles. The van der Waals surface area contributed by atoms with Crippen molar-refractivity contribution in [3.05, 3.63) is 46.8 Å². The number of nitrogens with two attached hydrogens (primary N) is 1. The van der Waals surface area contributed by atoms with E-state index in [0.717, 1.165) is 13.0 Å². The Balaban J connectivity index is 1.64. The van der Waals surface area contributed by atoms with Gasteiger partial charge in [0, 0.05) is 18.7 Å². The summed E-state index contributed by atoms with van der Waals surface area (Å²) >= 11 is 1.29. The van der Waals surface area contributed by atoms with Gasteiger partial charge in [-0.15, -0.1) is 11.3 Å². The summed E-state index contributed by atoms with van der Waals surface area (Å²) < 4.78 is 5.09.